The molecule has 0 aliphatic rings. The summed E-state index contributed by atoms with van der Waals surface area (Å²) < 4.78 is 12.9. The molecule has 0 fully saturated rings. The highest BCUT2D eigenvalue weighted by Gasteiger charge is 2.12. The molecular weight excluding hydrogens is 355 g/mol. The quantitative estimate of drug-likeness (QED) is 0.687. The number of carbonyl (C=O) groups excluding carboxylic acids is 1. The third-order valence-corrected chi connectivity index (χ3v) is 4.57. The standard InChI is InChI=1S/C17H19FN6OS/c1-11(15-10-26-12(2)20-15)19-16(25)4-3-9-24-22-17(21-23-24)13-5-7-14(18)8-6-13/h5-8,10-11H,3-4,9H2,1-2H3,(H,19,25)/t11-/m1/s1. The highest BCUT2D eigenvalue weighted by Crippen LogP contribution is 2.16. The number of tetrazole rings is 1. The topological polar surface area (TPSA) is 85.6 Å². The lowest BCUT2D eigenvalue weighted by Crippen LogP contribution is -2.26. The highest BCUT2D eigenvalue weighted by molar-refractivity contribution is 7.09. The van der Waals surface area contributed by atoms with Gasteiger partial charge in [0, 0.05) is 17.4 Å². The number of amides is 1. The molecule has 0 spiro atoms. The summed E-state index contributed by atoms with van der Waals surface area (Å²) in [6.45, 7) is 4.33. The Morgan fingerprint density at radius 2 is 2.12 bits per heavy atom. The fourth-order valence-corrected chi connectivity index (χ4v) is 3.11. The summed E-state index contributed by atoms with van der Waals surface area (Å²) in [5.41, 5.74) is 1.57. The molecule has 0 saturated carbocycles. The molecule has 2 aromatic heterocycles. The molecule has 1 N–H and O–H groups in total. The number of rotatable bonds is 7. The predicted octanol–water partition coefficient (Wildman–Crippen LogP) is 2.90. The molecule has 7 nitrogen and oxygen atoms in total. The van der Waals surface area contributed by atoms with Crippen LogP contribution in [-0.2, 0) is 11.3 Å². The number of aromatic nitrogens is 5. The minimum Gasteiger partial charge on any atom is -0.348 e. The number of thiazole rings is 1. The van der Waals surface area contributed by atoms with Crippen LogP contribution in [0, 0.1) is 12.7 Å². The van der Waals surface area contributed by atoms with Crippen molar-refractivity contribution in [3.63, 3.8) is 0 Å². The van der Waals surface area contributed by atoms with E-state index in [0.29, 0.717) is 30.8 Å². The molecule has 0 unspecified atom stereocenters. The van der Waals surface area contributed by atoms with Gasteiger partial charge >= 0.3 is 0 Å². The molecular formula is C17H19FN6OS. The van der Waals surface area contributed by atoms with E-state index in [2.05, 4.69) is 25.7 Å². The molecule has 26 heavy (non-hydrogen) atoms. The maximum atomic E-state index is 12.9. The van der Waals surface area contributed by atoms with Crippen molar-refractivity contribution < 1.29 is 9.18 Å². The van der Waals surface area contributed by atoms with Gasteiger partial charge in [0.15, 0.2) is 0 Å². The molecule has 1 atom stereocenters. The van der Waals surface area contributed by atoms with Crippen LogP contribution in [0.5, 0.6) is 0 Å². The second kappa shape index (κ2) is 8.13. The van der Waals surface area contributed by atoms with Crippen molar-refractivity contribution in [3.05, 3.63) is 46.2 Å². The lowest BCUT2D eigenvalue weighted by molar-refractivity contribution is -0.121. The largest absolute Gasteiger partial charge is 0.348 e. The number of carbonyl (C=O) groups is 1. The van der Waals surface area contributed by atoms with Gasteiger partial charge in [-0.2, -0.15) is 4.80 Å². The van der Waals surface area contributed by atoms with Gasteiger partial charge in [0.05, 0.1) is 23.3 Å². The first kappa shape index (κ1) is 18.1. The van der Waals surface area contributed by atoms with E-state index < -0.39 is 0 Å². The summed E-state index contributed by atoms with van der Waals surface area (Å²) in [6, 6.07) is 5.80. The van der Waals surface area contributed by atoms with Gasteiger partial charge in [-0.05, 0) is 49.7 Å². The lowest BCUT2D eigenvalue weighted by Gasteiger charge is -2.11. The summed E-state index contributed by atoms with van der Waals surface area (Å²) in [6.07, 6.45) is 0.953. The van der Waals surface area contributed by atoms with Gasteiger partial charge in [0.2, 0.25) is 11.7 Å². The van der Waals surface area contributed by atoms with Gasteiger partial charge in [0.1, 0.15) is 5.82 Å². The maximum absolute atomic E-state index is 12.9. The van der Waals surface area contributed by atoms with Crippen molar-refractivity contribution >= 4 is 17.2 Å². The fraction of sp³-hybridized carbons (Fsp3) is 0.353. The van der Waals surface area contributed by atoms with Crippen LogP contribution in [0.2, 0.25) is 0 Å². The third-order valence-electron chi connectivity index (χ3n) is 3.78. The first-order valence-corrected chi connectivity index (χ1v) is 9.14. The first-order chi connectivity index (χ1) is 12.5. The second-order valence-corrected chi connectivity index (χ2v) is 6.96. The normalized spacial score (nSPS) is 12.1. The second-order valence-electron chi connectivity index (χ2n) is 5.90. The van der Waals surface area contributed by atoms with Crippen LogP contribution < -0.4 is 5.32 Å². The van der Waals surface area contributed by atoms with Gasteiger partial charge in [0.25, 0.3) is 0 Å². The van der Waals surface area contributed by atoms with Crippen LogP contribution in [0.1, 0.15) is 36.5 Å². The highest BCUT2D eigenvalue weighted by atomic mass is 32.1. The van der Waals surface area contributed by atoms with Crippen LogP contribution in [-0.4, -0.2) is 31.1 Å². The Labute approximate surface area is 154 Å². The summed E-state index contributed by atoms with van der Waals surface area (Å²) in [5.74, 6) is 0.0817. The number of hydrogen-bond acceptors (Lipinski definition) is 6. The lowest BCUT2D eigenvalue weighted by atomic mass is 10.2. The molecule has 1 aromatic carbocycles. The fourth-order valence-electron chi connectivity index (χ4n) is 2.40. The molecule has 3 rings (SSSR count). The Kier molecular flexibility index (Phi) is 5.67. The molecule has 136 valence electrons. The van der Waals surface area contributed by atoms with Crippen LogP contribution in [0.25, 0.3) is 11.4 Å². The van der Waals surface area contributed by atoms with Crippen LogP contribution >= 0.6 is 11.3 Å². The molecule has 0 aliphatic carbocycles. The minimum atomic E-state index is -0.311. The van der Waals surface area contributed by atoms with Gasteiger partial charge in [-0.1, -0.05) is 0 Å². The first-order valence-electron chi connectivity index (χ1n) is 8.26. The maximum Gasteiger partial charge on any atom is 0.220 e. The van der Waals surface area contributed by atoms with E-state index in [0.717, 1.165) is 10.7 Å². The number of nitrogens with one attached hydrogen (secondary N) is 1. The van der Waals surface area contributed by atoms with E-state index in [-0.39, 0.29) is 17.8 Å². The average Bonchev–Trinajstić information content (AvgIpc) is 3.25. The average molecular weight is 374 g/mol. The van der Waals surface area contributed by atoms with Crippen LogP contribution in [0.4, 0.5) is 4.39 Å². The van der Waals surface area contributed by atoms with E-state index in [1.54, 1.807) is 23.5 Å². The molecule has 9 heteroatoms. The third kappa shape index (κ3) is 4.69. The zero-order chi connectivity index (χ0) is 18.5. The number of hydrogen-bond donors (Lipinski definition) is 1. The Balaban J connectivity index is 1.46. The van der Waals surface area contributed by atoms with Gasteiger partial charge < -0.3 is 5.32 Å². The minimum absolute atomic E-state index is 0.0398. The van der Waals surface area contributed by atoms with E-state index in [9.17, 15) is 9.18 Å². The summed E-state index contributed by atoms with van der Waals surface area (Å²) in [5, 5.41) is 18.0. The van der Waals surface area contributed by atoms with Gasteiger partial charge in [-0.3, -0.25) is 4.79 Å². The van der Waals surface area contributed by atoms with E-state index in [4.69, 9.17) is 0 Å². The van der Waals surface area contributed by atoms with Gasteiger partial charge in [-0.25, -0.2) is 9.37 Å². The van der Waals surface area contributed by atoms with Crippen LogP contribution in [0.3, 0.4) is 0 Å². The molecule has 1 amide bonds. The SMILES string of the molecule is Cc1nc([C@@H](C)NC(=O)CCCn2nnc(-c3ccc(F)cc3)n2)cs1. The zero-order valence-electron chi connectivity index (χ0n) is 14.5. The molecule has 0 aliphatic heterocycles. The summed E-state index contributed by atoms with van der Waals surface area (Å²) >= 11 is 1.57. The number of aryl methyl sites for hydroxylation is 2. The Morgan fingerprint density at radius 3 is 2.81 bits per heavy atom. The molecule has 0 radical (unpaired) electrons. The summed E-state index contributed by atoms with van der Waals surface area (Å²) in [4.78, 5) is 17.9. The summed E-state index contributed by atoms with van der Waals surface area (Å²) in [7, 11) is 0. The Hall–Kier alpha value is -2.68. The zero-order valence-corrected chi connectivity index (χ0v) is 15.3. The Morgan fingerprint density at radius 1 is 1.35 bits per heavy atom. The number of benzene rings is 1. The van der Waals surface area contributed by atoms with E-state index in [1.165, 1.54) is 16.9 Å². The van der Waals surface area contributed by atoms with Crippen molar-refractivity contribution in [2.45, 2.75) is 39.3 Å². The van der Waals surface area contributed by atoms with Crippen molar-refractivity contribution in [2.75, 3.05) is 0 Å². The van der Waals surface area contributed by atoms with Gasteiger partial charge in [-0.15, -0.1) is 21.5 Å². The molecule has 3 aromatic rings. The van der Waals surface area contributed by atoms with Crippen molar-refractivity contribution in [1.82, 2.24) is 30.5 Å². The van der Waals surface area contributed by atoms with Crippen LogP contribution in [0.15, 0.2) is 29.6 Å². The van der Waals surface area contributed by atoms with E-state index in [1.807, 2.05) is 19.2 Å². The molecule has 2 heterocycles. The molecule has 0 bridgehead atoms. The monoisotopic (exact) mass is 374 g/mol. The number of halogens is 1. The Bertz CT molecular complexity index is 876. The smallest absolute Gasteiger partial charge is 0.220 e. The van der Waals surface area contributed by atoms with Crippen molar-refractivity contribution in [3.8, 4) is 11.4 Å². The predicted molar refractivity (Wildman–Crippen MR) is 95.9 cm³/mol. The molecule has 0 saturated heterocycles. The number of nitrogens with zero attached hydrogens (tertiary/aromatic N) is 5. The van der Waals surface area contributed by atoms with Crippen molar-refractivity contribution in [1.29, 1.82) is 0 Å². The van der Waals surface area contributed by atoms with E-state index >= 15 is 0 Å². The van der Waals surface area contributed by atoms with Crippen molar-refractivity contribution in [2.24, 2.45) is 0 Å².